The molecule has 0 aromatic rings. The van der Waals surface area contributed by atoms with Gasteiger partial charge in [-0.05, 0) is 0 Å². The quantitative estimate of drug-likeness (QED) is 0.583. The molecule has 0 rings (SSSR count). The van der Waals surface area contributed by atoms with Crippen LogP contribution in [-0.2, 0) is 12.3 Å². The molecule has 0 aromatic carbocycles. The van der Waals surface area contributed by atoms with Gasteiger partial charge in [0, 0.05) is 0 Å². The fourth-order valence-electron chi connectivity index (χ4n) is 0. The Labute approximate surface area is 73.9 Å². The molecule has 0 aliphatic heterocycles. The van der Waals surface area contributed by atoms with Crippen molar-refractivity contribution in [3.05, 3.63) is 0 Å². The first-order valence-corrected chi connectivity index (χ1v) is 12.8. The molecule has 0 aromatic heterocycles. The van der Waals surface area contributed by atoms with Crippen LogP contribution in [0.5, 0.6) is 0 Å². The van der Waals surface area contributed by atoms with Crippen molar-refractivity contribution in [1.29, 1.82) is 0 Å². The molecule has 7 heavy (non-hydrogen) atoms. The Bertz CT molecular complexity index is 23.6. The van der Waals surface area contributed by atoms with E-state index >= 15 is 0 Å². The van der Waals surface area contributed by atoms with Gasteiger partial charge < -0.3 is 0 Å². The van der Waals surface area contributed by atoms with Crippen molar-refractivity contribution in [1.82, 2.24) is 0 Å². The number of rotatable bonds is 0. The second kappa shape index (κ2) is 6.81. The van der Waals surface area contributed by atoms with Gasteiger partial charge in [-0.2, -0.15) is 0 Å². The molecule has 0 fully saturated rings. The van der Waals surface area contributed by atoms with Gasteiger partial charge in [-0.25, -0.2) is 0 Å². The van der Waals surface area contributed by atoms with Crippen molar-refractivity contribution in [3.8, 4) is 0 Å². The van der Waals surface area contributed by atoms with Crippen molar-refractivity contribution < 1.29 is 12.3 Å². The third-order valence-corrected chi connectivity index (χ3v) is 0. The third kappa shape index (κ3) is 53.6. The number of hydrogen-bond donors (Lipinski definition) is 0. The van der Waals surface area contributed by atoms with Gasteiger partial charge in [0.05, 0.1) is 0 Å². The van der Waals surface area contributed by atoms with E-state index in [1.54, 1.807) is 0 Å². The summed E-state index contributed by atoms with van der Waals surface area (Å²) in [6.45, 7) is 0. The third-order valence-electron chi connectivity index (χ3n) is 0. The van der Waals surface area contributed by atoms with Crippen molar-refractivity contribution in [2.75, 3.05) is 0 Å². The standard InChI is InChI=1S/Al.5ClH.Ti.2H/h;5*1H;;;/q+1;;;;;;+4;;/p-5. The summed E-state index contributed by atoms with van der Waals surface area (Å²) >= 11 is -2.33. The monoisotopic (exact) mass is 252 g/mol. The van der Waals surface area contributed by atoms with Gasteiger partial charge in [-0.15, -0.1) is 0 Å². The topological polar surface area (TPSA) is 0 Å². The van der Waals surface area contributed by atoms with Crippen LogP contribution in [0.15, 0.2) is 0 Å². The van der Waals surface area contributed by atoms with Gasteiger partial charge in [0.2, 0.25) is 0 Å². The minimum absolute atomic E-state index is 0.778. The summed E-state index contributed by atoms with van der Waals surface area (Å²) in [6.07, 6.45) is 0. The molecular weight excluding hydrogens is 252 g/mol. The molecule has 0 bridgehead atoms. The maximum absolute atomic E-state index is 5.01. The molecule has 0 radical (unpaired) electrons. The van der Waals surface area contributed by atoms with Crippen LogP contribution in [0.3, 0.4) is 0 Å². The predicted molar refractivity (Wildman–Crippen MR) is 37.8 cm³/mol. The maximum atomic E-state index is 5.01. The van der Waals surface area contributed by atoms with Crippen LogP contribution < -0.4 is 0 Å². The summed E-state index contributed by atoms with van der Waals surface area (Å²) in [5.41, 5.74) is 0. The second-order valence-corrected chi connectivity index (χ2v) is 15.9. The van der Waals surface area contributed by atoms with Crippen molar-refractivity contribution >= 4 is 62.6 Å². The fraction of sp³-hybridized carbons (Fsp3) is 0. The van der Waals surface area contributed by atoms with E-state index in [1.165, 1.54) is 0 Å². The van der Waals surface area contributed by atoms with Gasteiger partial charge in [-0.3, -0.25) is 10.0 Å². The van der Waals surface area contributed by atoms with E-state index in [2.05, 4.69) is 0 Å². The molecule has 0 spiro atoms. The van der Waals surface area contributed by atoms with Crippen LogP contribution in [0.25, 0.3) is 0 Å². The molecule has 0 unspecified atom stereocenters. The van der Waals surface area contributed by atoms with Crippen LogP contribution in [0.1, 0.15) is 0 Å². The van der Waals surface area contributed by atoms with E-state index in [-0.39, 0.29) is 0 Å². The zero-order valence-electron chi connectivity index (χ0n) is 3.39. The Morgan fingerprint density at radius 3 is 0.857 bits per heavy atom. The number of hydrogen-bond acceptors (Lipinski definition) is 0. The molecule has 7 heteroatoms. The predicted octanol–water partition coefficient (Wildman–Crippen LogP) is 2.53. The average molecular weight is 254 g/mol. The fourth-order valence-corrected chi connectivity index (χ4v) is 0. The number of halogens is 5. The summed E-state index contributed by atoms with van der Waals surface area (Å²) in [6, 6.07) is 0. The van der Waals surface area contributed by atoms with Crippen LogP contribution in [0.2, 0.25) is 0 Å². The summed E-state index contributed by atoms with van der Waals surface area (Å²) in [7, 11) is 24.8. The Hall–Kier alpha value is 2.70. The SMILES string of the molecule is [AlH2][Cl].[Cl][Ti]([Cl])([Cl])[Cl]. The summed E-state index contributed by atoms with van der Waals surface area (Å²) in [5.74, 6) is 0. The van der Waals surface area contributed by atoms with E-state index in [0.717, 1.165) is 15.4 Å². The van der Waals surface area contributed by atoms with E-state index < -0.39 is 12.3 Å². The van der Waals surface area contributed by atoms with Crippen molar-refractivity contribution in [2.45, 2.75) is 0 Å². The molecule has 0 atom stereocenters. The summed E-state index contributed by atoms with van der Waals surface area (Å²) in [4.78, 5) is 0. The van der Waals surface area contributed by atoms with E-state index in [4.69, 9.17) is 47.3 Å². The van der Waals surface area contributed by atoms with E-state index in [0.29, 0.717) is 0 Å². The molecule has 44 valence electrons. The molecule has 0 amide bonds. The normalized spacial score (nSPS) is 9.29. The van der Waals surface area contributed by atoms with E-state index in [1.807, 2.05) is 0 Å². The Kier molecular flexibility index (Phi) is 12.0. The Morgan fingerprint density at radius 1 is 0.857 bits per heavy atom. The first-order chi connectivity index (χ1) is 3.00. The van der Waals surface area contributed by atoms with Crippen molar-refractivity contribution in [3.63, 3.8) is 0 Å². The van der Waals surface area contributed by atoms with Gasteiger partial charge in [0.15, 0.2) is 0 Å². The molecular formula is H2AlCl5Ti. The zero-order valence-corrected chi connectivity index (χ0v) is 10.7. The van der Waals surface area contributed by atoms with Gasteiger partial charge in [-0.1, -0.05) is 0 Å². The summed E-state index contributed by atoms with van der Waals surface area (Å²) in [5, 5.41) is 0. The first kappa shape index (κ1) is 12.4. The van der Waals surface area contributed by atoms with Crippen LogP contribution in [0.4, 0.5) is 0 Å². The molecule has 0 saturated carbocycles. The van der Waals surface area contributed by atoms with E-state index in [9.17, 15) is 0 Å². The van der Waals surface area contributed by atoms with Crippen LogP contribution in [-0.4, -0.2) is 15.4 Å². The molecule has 0 aliphatic rings. The van der Waals surface area contributed by atoms with Crippen molar-refractivity contribution in [2.24, 2.45) is 0 Å². The summed E-state index contributed by atoms with van der Waals surface area (Å²) < 4.78 is 0. The van der Waals surface area contributed by atoms with Gasteiger partial charge in [0.25, 0.3) is 0 Å². The minimum atomic E-state index is -3.11. The average Bonchev–Trinajstić information content (AvgIpc) is 1.36. The first-order valence-electron chi connectivity index (χ1n) is 1.13. The molecule has 0 saturated heterocycles. The molecule has 0 N–H and O–H groups in total. The molecule has 0 nitrogen and oxygen atoms in total. The van der Waals surface area contributed by atoms with Gasteiger partial charge >= 0.3 is 64.9 Å². The van der Waals surface area contributed by atoms with Gasteiger partial charge in [0.1, 0.15) is 0 Å². The zero-order chi connectivity index (χ0) is 6.50. The Balaban J connectivity index is 0. The van der Waals surface area contributed by atoms with Crippen LogP contribution in [0, 0.1) is 0 Å². The van der Waals surface area contributed by atoms with Crippen LogP contribution >= 0.6 is 47.3 Å². The molecule has 0 aliphatic carbocycles. The molecule has 0 heterocycles. The Morgan fingerprint density at radius 2 is 0.857 bits per heavy atom. The second-order valence-electron chi connectivity index (χ2n) is 0.429.